The molecule has 0 spiro atoms. The number of hydrogen-bond donors (Lipinski definition) is 3. The van der Waals surface area contributed by atoms with Crippen molar-refractivity contribution in [3.05, 3.63) is 12.2 Å². The van der Waals surface area contributed by atoms with Gasteiger partial charge in [-0.15, -0.1) is 0 Å². The number of rotatable bonds is 27. The molecule has 0 aliphatic rings. The lowest BCUT2D eigenvalue weighted by Gasteiger charge is -2.20. The summed E-state index contributed by atoms with van der Waals surface area (Å²) in [6, 6.07) is 0. The van der Waals surface area contributed by atoms with Crippen LogP contribution < -0.4 is 0 Å². The van der Waals surface area contributed by atoms with Crippen molar-refractivity contribution in [1.82, 2.24) is 0 Å². The van der Waals surface area contributed by atoms with Gasteiger partial charge in [0.05, 0.1) is 19.8 Å². The number of esters is 2. The third-order valence-corrected chi connectivity index (χ3v) is 6.87. The highest BCUT2D eigenvalue weighted by molar-refractivity contribution is 7.47. The van der Waals surface area contributed by atoms with Crippen LogP contribution in [0.15, 0.2) is 12.2 Å². The fourth-order valence-electron chi connectivity index (χ4n) is 3.57. The number of allylic oxidation sites excluding steroid dienone is 2. The molecule has 0 saturated carbocycles. The summed E-state index contributed by atoms with van der Waals surface area (Å²) in [7, 11) is -4.58. The zero-order valence-corrected chi connectivity index (χ0v) is 25.0. The van der Waals surface area contributed by atoms with Crippen LogP contribution in [0.2, 0.25) is 0 Å². The van der Waals surface area contributed by atoms with Crippen LogP contribution in [0.1, 0.15) is 117 Å². The Morgan fingerprint density at radius 2 is 1.26 bits per heavy atom. The normalized spacial score (nSPS) is 14.7. The van der Waals surface area contributed by atoms with Crippen LogP contribution in [0.3, 0.4) is 0 Å². The molecule has 0 radical (unpaired) electrons. The van der Waals surface area contributed by atoms with Crippen molar-refractivity contribution in [2.75, 3.05) is 26.4 Å². The summed E-state index contributed by atoms with van der Waals surface area (Å²) in [6.07, 6.45) is 17.1. The van der Waals surface area contributed by atoms with Crippen LogP contribution in [0, 0.1) is 0 Å². The predicted octanol–water partition coefficient (Wildman–Crippen LogP) is 5.77. The summed E-state index contributed by atoms with van der Waals surface area (Å²) in [5.41, 5.74) is 0. The second-order valence-electron chi connectivity index (χ2n) is 9.78. The molecule has 39 heavy (non-hydrogen) atoms. The molecule has 0 aromatic carbocycles. The average molecular weight is 581 g/mol. The molecule has 0 amide bonds. The number of aliphatic hydroxyl groups excluding tert-OH is 2. The van der Waals surface area contributed by atoms with Gasteiger partial charge in [-0.1, -0.05) is 77.4 Å². The van der Waals surface area contributed by atoms with Crippen molar-refractivity contribution in [2.45, 2.75) is 129 Å². The number of hydrogen-bond acceptors (Lipinski definition) is 9. The average Bonchev–Trinajstić information content (AvgIpc) is 2.91. The third kappa shape index (κ3) is 25.4. The first-order valence-electron chi connectivity index (χ1n) is 14.6. The van der Waals surface area contributed by atoms with Gasteiger partial charge < -0.3 is 24.6 Å². The van der Waals surface area contributed by atoms with Crippen LogP contribution in [0.4, 0.5) is 0 Å². The van der Waals surface area contributed by atoms with Gasteiger partial charge in [-0.2, -0.15) is 0 Å². The van der Waals surface area contributed by atoms with Crippen LogP contribution in [-0.2, 0) is 32.7 Å². The lowest BCUT2D eigenvalue weighted by molar-refractivity contribution is -0.161. The first-order valence-corrected chi connectivity index (χ1v) is 16.1. The van der Waals surface area contributed by atoms with Crippen molar-refractivity contribution < 1.29 is 47.8 Å². The van der Waals surface area contributed by atoms with E-state index in [0.29, 0.717) is 12.8 Å². The molecule has 0 heterocycles. The molecule has 0 rings (SSSR count). The highest BCUT2D eigenvalue weighted by atomic mass is 31.2. The van der Waals surface area contributed by atoms with E-state index in [1.165, 1.54) is 25.7 Å². The van der Waals surface area contributed by atoms with Crippen molar-refractivity contribution in [2.24, 2.45) is 0 Å². The summed E-state index contributed by atoms with van der Waals surface area (Å²) >= 11 is 0. The lowest BCUT2D eigenvalue weighted by Crippen LogP contribution is -2.29. The van der Waals surface area contributed by atoms with E-state index in [4.69, 9.17) is 19.1 Å². The molecule has 3 N–H and O–H groups in total. The molecule has 11 heteroatoms. The van der Waals surface area contributed by atoms with Gasteiger partial charge in [0.1, 0.15) is 12.7 Å². The van der Waals surface area contributed by atoms with E-state index in [-0.39, 0.29) is 19.4 Å². The summed E-state index contributed by atoms with van der Waals surface area (Å²) in [4.78, 5) is 34.0. The van der Waals surface area contributed by atoms with Crippen molar-refractivity contribution >= 4 is 19.8 Å². The number of aliphatic hydroxyl groups is 2. The monoisotopic (exact) mass is 580 g/mol. The largest absolute Gasteiger partial charge is 0.472 e. The van der Waals surface area contributed by atoms with E-state index in [1.807, 2.05) is 6.92 Å². The van der Waals surface area contributed by atoms with Gasteiger partial charge in [-0.05, 0) is 38.5 Å². The van der Waals surface area contributed by atoms with Gasteiger partial charge in [-0.3, -0.25) is 18.6 Å². The van der Waals surface area contributed by atoms with E-state index in [0.717, 1.165) is 51.4 Å². The minimum absolute atomic E-state index is 0.175. The summed E-state index contributed by atoms with van der Waals surface area (Å²) in [6.45, 7) is 2.11. The van der Waals surface area contributed by atoms with E-state index in [2.05, 4.69) is 23.6 Å². The summed E-state index contributed by atoms with van der Waals surface area (Å²) in [5.74, 6) is -0.966. The Morgan fingerprint density at radius 1 is 0.744 bits per heavy atom. The standard InChI is InChI=1S/C28H53O10P/c1-3-5-7-8-9-10-11-12-13-14-15-16-18-20-28(32)38-26(23-35-27(31)19-17-6-4-2)24-37-39(33,34)36-22-25(30)21-29/h10-11,25-26,29-30H,3-9,12-24H2,1-2H3,(H,33,34)/b11-10-. The Balaban J connectivity index is 4.36. The van der Waals surface area contributed by atoms with Crippen molar-refractivity contribution in [3.63, 3.8) is 0 Å². The molecule has 0 aliphatic heterocycles. The van der Waals surface area contributed by atoms with Crippen molar-refractivity contribution in [3.8, 4) is 0 Å². The van der Waals surface area contributed by atoms with E-state index in [1.54, 1.807) is 0 Å². The maximum atomic E-state index is 12.3. The van der Waals surface area contributed by atoms with Gasteiger partial charge in [0.25, 0.3) is 0 Å². The Bertz CT molecular complexity index is 685. The first kappa shape index (κ1) is 37.7. The van der Waals surface area contributed by atoms with Gasteiger partial charge in [0.2, 0.25) is 0 Å². The fraction of sp³-hybridized carbons (Fsp3) is 0.857. The summed E-state index contributed by atoms with van der Waals surface area (Å²) in [5, 5.41) is 18.1. The maximum Gasteiger partial charge on any atom is 0.472 e. The summed E-state index contributed by atoms with van der Waals surface area (Å²) < 4.78 is 32.0. The number of phosphoric ester groups is 1. The zero-order valence-electron chi connectivity index (χ0n) is 24.1. The van der Waals surface area contributed by atoms with E-state index in [9.17, 15) is 24.2 Å². The molecule has 0 fully saturated rings. The Kier molecular flexibility index (Phi) is 24.8. The molecular formula is C28H53O10P. The highest BCUT2D eigenvalue weighted by Crippen LogP contribution is 2.43. The number of carbonyl (C=O) groups is 2. The predicted molar refractivity (Wildman–Crippen MR) is 150 cm³/mol. The van der Waals surface area contributed by atoms with Crippen LogP contribution >= 0.6 is 7.82 Å². The highest BCUT2D eigenvalue weighted by Gasteiger charge is 2.27. The fourth-order valence-corrected chi connectivity index (χ4v) is 4.36. The third-order valence-electron chi connectivity index (χ3n) is 5.92. The molecule has 230 valence electrons. The Morgan fingerprint density at radius 3 is 1.90 bits per heavy atom. The molecule has 0 bridgehead atoms. The van der Waals surface area contributed by atoms with E-state index < -0.39 is 51.8 Å². The SMILES string of the molecule is CCCCCC/C=C\CCCCCCCC(=O)OC(COC(=O)CCCCC)COP(=O)(O)OCC(O)CO. The van der Waals surface area contributed by atoms with Gasteiger partial charge >= 0.3 is 19.8 Å². The molecule has 0 aromatic heterocycles. The Hall–Kier alpha value is -1.29. The molecular weight excluding hydrogens is 527 g/mol. The van der Waals surface area contributed by atoms with E-state index >= 15 is 0 Å². The minimum Gasteiger partial charge on any atom is -0.462 e. The van der Waals surface area contributed by atoms with Gasteiger partial charge in [-0.25, -0.2) is 4.57 Å². The van der Waals surface area contributed by atoms with Gasteiger partial charge in [0, 0.05) is 12.8 Å². The molecule has 0 saturated heterocycles. The second kappa shape index (κ2) is 25.7. The van der Waals surface area contributed by atoms with Crippen LogP contribution in [0.5, 0.6) is 0 Å². The first-order chi connectivity index (χ1) is 18.7. The number of phosphoric acid groups is 1. The minimum atomic E-state index is -4.58. The topological polar surface area (TPSA) is 149 Å². The molecule has 3 atom stereocenters. The molecule has 10 nitrogen and oxygen atoms in total. The number of ether oxygens (including phenoxy) is 2. The molecule has 0 aliphatic carbocycles. The van der Waals surface area contributed by atoms with Crippen molar-refractivity contribution in [1.29, 1.82) is 0 Å². The smallest absolute Gasteiger partial charge is 0.462 e. The zero-order chi connectivity index (χ0) is 29.2. The quantitative estimate of drug-likeness (QED) is 0.0473. The Labute approximate surface area is 235 Å². The van der Waals surface area contributed by atoms with Crippen LogP contribution in [-0.4, -0.2) is 65.7 Å². The second-order valence-corrected chi connectivity index (χ2v) is 11.2. The van der Waals surface area contributed by atoms with Crippen LogP contribution in [0.25, 0.3) is 0 Å². The molecule has 3 unspecified atom stereocenters. The number of unbranched alkanes of at least 4 members (excludes halogenated alkanes) is 11. The lowest BCUT2D eigenvalue weighted by atomic mass is 10.1. The van der Waals surface area contributed by atoms with Gasteiger partial charge in [0.15, 0.2) is 6.10 Å². The molecule has 0 aromatic rings. The number of carbonyl (C=O) groups excluding carboxylic acids is 2. The maximum absolute atomic E-state index is 12.3.